The lowest BCUT2D eigenvalue weighted by molar-refractivity contribution is 0.302. The monoisotopic (exact) mass is 373 g/mol. The van der Waals surface area contributed by atoms with Gasteiger partial charge in [0.15, 0.2) is 0 Å². The van der Waals surface area contributed by atoms with Crippen LogP contribution in [-0.2, 0) is 13.2 Å². The molecule has 0 aromatic heterocycles. The van der Waals surface area contributed by atoms with Crippen LogP contribution in [0.3, 0.4) is 0 Å². The summed E-state index contributed by atoms with van der Waals surface area (Å²) in [4.78, 5) is 0. The van der Waals surface area contributed by atoms with Crippen LogP contribution in [0, 0.1) is 6.92 Å². The highest BCUT2D eigenvalue weighted by Gasteiger charge is 2.06. The Morgan fingerprint density at radius 2 is 1.77 bits per heavy atom. The van der Waals surface area contributed by atoms with E-state index in [-0.39, 0.29) is 0 Å². The van der Waals surface area contributed by atoms with E-state index in [1.165, 1.54) is 49.7 Å². The van der Waals surface area contributed by atoms with Gasteiger partial charge in [0.1, 0.15) is 12.4 Å². The molecule has 0 bridgehead atoms. The van der Waals surface area contributed by atoms with E-state index in [2.05, 4.69) is 43.4 Å². The Kier molecular flexibility index (Phi) is 9.58. The summed E-state index contributed by atoms with van der Waals surface area (Å²) in [5.74, 6) is 0.909. The first kappa shape index (κ1) is 20.8. The van der Waals surface area contributed by atoms with Crippen molar-refractivity contribution < 1.29 is 4.74 Å². The number of rotatable bonds is 12. The van der Waals surface area contributed by atoms with Crippen LogP contribution in [0.25, 0.3) is 0 Å². The molecule has 26 heavy (non-hydrogen) atoms. The highest BCUT2D eigenvalue weighted by molar-refractivity contribution is 6.30. The van der Waals surface area contributed by atoms with Gasteiger partial charge < -0.3 is 10.1 Å². The normalized spacial score (nSPS) is 10.9. The first-order valence-electron chi connectivity index (χ1n) is 9.86. The number of aryl methyl sites for hydroxylation is 1. The molecule has 0 unspecified atom stereocenters. The summed E-state index contributed by atoms with van der Waals surface area (Å²) in [7, 11) is 0. The Bertz CT molecular complexity index is 656. The molecule has 2 aromatic rings. The van der Waals surface area contributed by atoms with Gasteiger partial charge in [0, 0.05) is 17.1 Å². The largest absolute Gasteiger partial charge is 0.489 e. The maximum Gasteiger partial charge on any atom is 0.124 e. The van der Waals surface area contributed by atoms with Gasteiger partial charge in [0.2, 0.25) is 0 Å². The van der Waals surface area contributed by atoms with Crippen LogP contribution < -0.4 is 10.1 Å². The molecular weight excluding hydrogens is 342 g/mol. The minimum absolute atomic E-state index is 0.577. The van der Waals surface area contributed by atoms with Gasteiger partial charge in [0.25, 0.3) is 0 Å². The summed E-state index contributed by atoms with van der Waals surface area (Å²) in [6.45, 7) is 6.76. The van der Waals surface area contributed by atoms with Crippen LogP contribution >= 0.6 is 11.6 Å². The van der Waals surface area contributed by atoms with Crippen LogP contribution in [-0.4, -0.2) is 6.54 Å². The Labute approximate surface area is 163 Å². The van der Waals surface area contributed by atoms with Gasteiger partial charge in [-0.3, -0.25) is 0 Å². The molecule has 0 aliphatic rings. The third-order valence-electron chi connectivity index (χ3n) is 4.52. The number of nitrogens with one attached hydrogen (secondary N) is 1. The highest BCUT2D eigenvalue weighted by atomic mass is 35.5. The maximum absolute atomic E-state index is 6.18. The van der Waals surface area contributed by atoms with Crippen molar-refractivity contribution >= 4 is 11.6 Å². The van der Waals surface area contributed by atoms with Gasteiger partial charge in [-0.25, -0.2) is 0 Å². The van der Waals surface area contributed by atoms with Crippen LogP contribution in [0.15, 0.2) is 42.5 Å². The predicted molar refractivity (Wildman–Crippen MR) is 112 cm³/mol. The van der Waals surface area contributed by atoms with Crippen molar-refractivity contribution in [3.63, 3.8) is 0 Å². The van der Waals surface area contributed by atoms with E-state index < -0.39 is 0 Å². The molecule has 142 valence electrons. The quantitative estimate of drug-likeness (QED) is 0.419. The molecule has 0 radical (unpaired) electrons. The van der Waals surface area contributed by atoms with Crippen LogP contribution in [0.4, 0.5) is 0 Å². The van der Waals surface area contributed by atoms with Gasteiger partial charge in [-0.2, -0.15) is 0 Å². The Morgan fingerprint density at radius 3 is 2.58 bits per heavy atom. The number of benzene rings is 2. The second-order valence-corrected chi connectivity index (χ2v) is 7.41. The van der Waals surface area contributed by atoms with E-state index in [1.54, 1.807) is 0 Å². The average molecular weight is 374 g/mol. The molecule has 0 fully saturated rings. The van der Waals surface area contributed by atoms with Gasteiger partial charge in [-0.15, -0.1) is 0 Å². The van der Waals surface area contributed by atoms with E-state index in [0.29, 0.717) is 6.61 Å². The molecule has 1 N–H and O–H groups in total. The third kappa shape index (κ3) is 7.80. The Balaban J connectivity index is 1.79. The number of unbranched alkanes of at least 4 members (excludes halogenated alkanes) is 5. The van der Waals surface area contributed by atoms with Crippen molar-refractivity contribution in [2.45, 2.75) is 65.5 Å². The third-order valence-corrected chi connectivity index (χ3v) is 4.76. The second kappa shape index (κ2) is 12.0. The van der Waals surface area contributed by atoms with Gasteiger partial charge in [-0.05, 0) is 43.7 Å². The van der Waals surface area contributed by atoms with Crippen molar-refractivity contribution in [3.05, 3.63) is 64.2 Å². The Hall–Kier alpha value is -1.51. The first-order chi connectivity index (χ1) is 12.7. The number of ether oxygens (including phenoxy) is 1. The molecule has 0 saturated carbocycles. The number of halogens is 1. The molecule has 0 aliphatic carbocycles. The lowest BCUT2D eigenvalue weighted by atomic mass is 10.1. The SMILES string of the molecule is CCCCCCCCNCc1cc(Cl)ccc1OCc1cccc(C)c1. The predicted octanol–water partition coefficient (Wildman–Crippen LogP) is 6.68. The number of hydrogen-bond acceptors (Lipinski definition) is 2. The van der Waals surface area contributed by atoms with Crippen molar-refractivity contribution in [3.8, 4) is 5.75 Å². The van der Waals surface area contributed by atoms with E-state index in [9.17, 15) is 0 Å². The number of hydrogen-bond donors (Lipinski definition) is 1. The summed E-state index contributed by atoms with van der Waals surface area (Å²) < 4.78 is 6.06. The fraction of sp³-hybridized carbons (Fsp3) is 0.478. The maximum atomic E-state index is 6.18. The Morgan fingerprint density at radius 1 is 0.962 bits per heavy atom. The molecule has 0 heterocycles. The standard InChI is InChI=1S/C23H32ClNO/c1-3-4-5-6-7-8-14-25-17-21-16-22(24)12-13-23(21)26-18-20-11-9-10-19(2)15-20/h9-13,15-16,25H,3-8,14,17-18H2,1-2H3. The van der Waals surface area contributed by atoms with Gasteiger partial charge in [0.05, 0.1) is 0 Å². The zero-order chi connectivity index (χ0) is 18.6. The minimum atomic E-state index is 0.577. The zero-order valence-electron chi connectivity index (χ0n) is 16.2. The molecule has 0 spiro atoms. The van der Waals surface area contributed by atoms with E-state index >= 15 is 0 Å². The summed E-state index contributed by atoms with van der Waals surface area (Å²) in [6, 6.07) is 14.3. The smallest absolute Gasteiger partial charge is 0.124 e. The fourth-order valence-corrected chi connectivity index (χ4v) is 3.24. The molecular formula is C23H32ClNO. The first-order valence-corrected chi connectivity index (χ1v) is 10.2. The fourth-order valence-electron chi connectivity index (χ4n) is 3.04. The van der Waals surface area contributed by atoms with Crippen molar-refractivity contribution in [1.82, 2.24) is 5.32 Å². The van der Waals surface area contributed by atoms with E-state index in [0.717, 1.165) is 29.4 Å². The average Bonchev–Trinajstić information content (AvgIpc) is 2.63. The minimum Gasteiger partial charge on any atom is -0.489 e. The van der Waals surface area contributed by atoms with Crippen molar-refractivity contribution in [2.24, 2.45) is 0 Å². The molecule has 0 aliphatic heterocycles. The molecule has 0 amide bonds. The van der Waals surface area contributed by atoms with Gasteiger partial charge >= 0.3 is 0 Å². The van der Waals surface area contributed by atoms with E-state index in [1.807, 2.05) is 18.2 Å². The lowest BCUT2D eigenvalue weighted by Crippen LogP contribution is -2.15. The topological polar surface area (TPSA) is 21.3 Å². The van der Waals surface area contributed by atoms with E-state index in [4.69, 9.17) is 16.3 Å². The van der Waals surface area contributed by atoms with Crippen LogP contribution in [0.1, 0.15) is 62.1 Å². The summed E-state index contributed by atoms with van der Waals surface area (Å²) in [5.41, 5.74) is 3.56. The summed E-state index contributed by atoms with van der Waals surface area (Å²) in [6.07, 6.45) is 7.90. The van der Waals surface area contributed by atoms with Crippen molar-refractivity contribution in [2.75, 3.05) is 6.54 Å². The molecule has 2 rings (SSSR count). The molecule has 0 saturated heterocycles. The molecule has 0 atom stereocenters. The lowest BCUT2D eigenvalue weighted by Gasteiger charge is -2.13. The summed E-state index contributed by atoms with van der Waals surface area (Å²) >= 11 is 6.18. The van der Waals surface area contributed by atoms with Crippen LogP contribution in [0.5, 0.6) is 5.75 Å². The van der Waals surface area contributed by atoms with Gasteiger partial charge in [-0.1, -0.05) is 80.5 Å². The highest BCUT2D eigenvalue weighted by Crippen LogP contribution is 2.24. The summed E-state index contributed by atoms with van der Waals surface area (Å²) in [5, 5.41) is 4.28. The second-order valence-electron chi connectivity index (χ2n) is 6.97. The zero-order valence-corrected chi connectivity index (χ0v) is 16.9. The molecule has 2 nitrogen and oxygen atoms in total. The van der Waals surface area contributed by atoms with Crippen LogP contribution in [0.2, 0.25) is 5.02 Å². The molecule has 3 heteroatoms. The van der Waals surface area contributed by atoms with Crippen molar-refractivity contribution in [1.29, 1.82) is 0 Å². The molecule has 2 aromatic carbocycles.